The number of ketones is 1. The number of carbonyl (C=O) groups is 6. The highest BCUT2D eigenvalue weighted by Gasteiger charge is 2.34. The number of benzene rings is 3. The number of carbonyl (C=O) groups excluding carboxylic acids is 6. The molecule has 0 saturated heterocycles. The molecule has 0 fully saturated rings. The van der Waals surface area contributed by atoms with Crippen LogP contribution in [0.4, 0.5) is 4.79 Å². The zero-order valence-corrected chi connectivity index (χ0v) is 29.7. The Bertz CT molecular complexity index is 1640. The van der Waals surface area contributed by atoms with Gasteiger partial charge in [-0.1, -0.05) is 107 Å². The second kappa shape index (κ2) is 19.1. The lowest BCUT2D eigenvalue weighted by atomic mass is 9.94. The van der Waals surface area contributed by atoms with E-state index in [0.717, 1.165) is 21.9 Å². The summed E-state index contributed by atoms with van der Waals surface area (Å²) in [4.78, 5) is 79.7. The maximum atomic E-state index is 13.4. The molecular formula is C38H49N5O7. The van der Waals surface area contributed by atoms with E-state index in [0.29, 0.717) is 6.42 Å². The van der Waals surface area contributed by atoms with Crippen LogP contribution in [-0.4, -0.2) is 79.2 Å². The molecule has 0 aromatic heterocycles. The number of amides is 5. The third kappa shape index (κ3) is 12.0. The Labute approximate surface area is 293 Å². The largest absolute Gasteiger partial charge is 0.445 e. The quantitative estimate of drug-likeness (QED) is 0.158. The molecule has 0 bridgehead atoms. The molecular weight excluding hydrogens is 638 g/mol. The van der Waals surface area contributed by atoms with Gasteiger partial charge in [0, 0.05) is 20.5 Å². The fraction of sp³-hybridized carbons (Fsp3) is 0.421. The number of rotatable bonds is 17. The van der Waals surface area contributed by atoms with Crippen LogP contribution in [0.25, 0.3) is 10.8 Å². The summed E-state index contributed by atoms with van der Waals surface area (Å²) in [6.45, 7) is 6.73. The van der Waals surface area contributed by atoms with Gasteiger partial charge >= 0.3 is 6.09 Å². The van der Waals surface area contributed by atoms with E-state index in [-0.39, 0.29) is 31.3 Å². The molecule has 5 amide bonds. The third-order valence-corrected chi connectivity index (χ3v) is 8.28. The van der Waals surface area contributed by atoms with Crippen LogP contribution < -0.4 is 21.3 Å². The van der Waals surface area contributed by atoms with E-state index in [1.54, 1.807) is 33.2 Å². The Hall–Kier alpha value is -5.26. The van der Waals surface area contributed by atoms with Gasteiger partial charge in [0.1, 0.15) is 18.7 Å². The minimum atomic E-state index is -1.22. The molecule has 0 aliphatic carbocycles. The molecule has 268 valence electrons. The van der Waals surface area contributed by atoms with Gasteiger partial charge < -0.3 is 30.9 Å². The number of fused-ring (bicyclic) bond motifs is 1. The second-order valence-corrected chi connectivity index (χ2v) is 13.0. The van der Waals surface area contributed by atoms with Crippen molar-refractivity contribution in [2.75, 3.05) is 20.6 Å². The highest BCUT2D eigenvalue weighted by molar-refractivity contribution is 6.38. The van der Waals surface area contributed by atoms with Crippen molar-refractivity contribution in [3.63, 3.8) is 0 Å². The summed E-state index contributed by atoms with van der Waals surface area (Å²) in [7, 11) is 3.17. The van der Waals surface area contributed by atoms with Crippen molar-refractivity contribution in [2.45, 2.75) is 71.7 Å². The first-order valence-electron chi connectivity index (χ1n) is 16.9. The number of Topliss-reactive ketones (excluding diaryl/α,β-unsaturated/α-hetero) is 1. The van der Waals surface area contributed by atoms with Gasteiger partial charge in [0.15, 0.2) is 0 Å². The van der Waals surface area contributed by atoms with Crippen LogP contribution in [0.5, 0.6) is 0 Å². The minimum absolute atomic E-state index is 0.00387. The van der Waals surface area contributed by atoms with Crippen LogP contribution >= 0.6 is 0 Å². The highest BCUT2D eigenvalue weighted by Crippen LogP contribution is 2.17. The van der Waals surface area contributed by atoms with E-state index >= 15 is 0 Å². The predicted octanol–water partition coefficient (Wildman–Crippen LogP) is 3.51. The first-order chi connectivity index (χ1) is 23.8. The molecule has 0 heterocycles. The van der Waals surface area contributed by atoms with Gasteiger partial charge in [0.05, 0.1) is 12.6 Å². The Kier molecular flexibility index (Phi) is 14.9. The van der Waals surface area contributed by atoms with Crippen LogP contribution in [0, 0.1) is 11.8 Å². The van der Waals surface area contributed by atoms with Crippen molar-refractivity contribution in [2.24, 2.45) is 11.8 Å². The Balaban J connectivity index is 1.62. The van der Waals surface area contributed by atoms with Gasteiger partial charge in [-0.25, -0.2) is 4.79 Å². The smallest absolute Gasteiger partial charge is 0.408 e. The number of nitrogens with zero attached hydrogens (tertiary/aromatic N) is 1. The average Bonchev–Trinajstić information content (AvgIpc) is 3.10. The normalized spacial score (nSPS) is 13.3. The summed E-state index contributed by atoms with van der Waals surface area (Å²) >= 11 is 0. The van der Waals surface area contributed by atoms with E-state index in [1.807, 2.05) is 81.4 Å². The van der Waals surface area contributed by atoms with E-state index in [4.69, 9.17) is 4.74 Å². The van der Waals surface area contributed by atoms with Crippen molar-refractivity contribution in [3.8, 4) is 0 Å². The second-order valence-electron chi connectivity index (χ2n) is 13.0. The van der Waals surface area contributed by atoms with Gasteiger partial charge in [-0.3, -0.25) is 24.0 Å². The topological polar surface area (TPSA) is 163 Å². The SMILES string of the molecule is CC[C@H](C)C(NC(=O)[C@H](CC(C)C)NC(=O)OCc1ccccc1)C(=O)C(=O)NCC(=O)N[C@@H](Cc1ccc2ccccc2c1)C(=O)N(C)C. The maximum Gasteiger partial charge on any atom is 0.408 e. The number of hydrogen-bond donors (Lipinski definition) is 4. The summed E-state index contributed by atoms with van der Waals surface area (Å²) in [6, 6.07) is 19.5. The summed E-state index contributed by atoms with van der Waals surface area (Å²) < 4.78 is 5.29. The lowest BCUT2D eigenvalue weighted by molar-refractivity contribution is -0.141. The highest BCUT2D eigenvalue weighted by atomic mass is 16.5. The zero-order valence-electron chi connectivity index (χ0n) is 29.7. The standard InChI is InChI=1S/C38H49N5O7/c1-7-25(4)33(42-35(46)30(19-24(2)3)41-38(49)50-23-26-13-9-8-10-14-26)34(45)36(47)39-22-32(44)40-31(37(48)43(5)6)21-27-17-18-28-15-11-12-16-29(28)20-27/h8-18,20,24-25,30-31,33H,7,19,21-23H2,1-6H3,(H,39,47)(H,40,44)(H,41,49)(H,42,46)/t25-,30-,31-,33?/m0/s1. The average molecular weight is 688 g/mol. The summed E-state index contributed by atoms with van der Waals surface area (Å²) in [6.07, 6.45) is 0.131. The molecule has 50 heavy (non-hydrogen) atoms. The number of nitrogens with one attached hydrogen (secondary N) is 4. The molecule has 0 radical (unpaired) electrons. The van der Waals surface area contributed by atoms with Crippen molar-refractivity contribution in [1.29, 1.82) is 0 Å². The van der Waals surface area contributed by atoms with Gasteiger partial charge in [0.2, 0.25) is 23.5 Å². The number of alkyl carbamates (subject to hydrolysis) is 1. The first-order valence-corrected chi connectivity index (χ1v) is 16.9. The van der Waals surface area contributed by atoms with Crippen LogP contribution in [0.1, 0.15) is 51.7 Å². The van der Waals surface area contributed by atoms with E-state index in [2.05, 4.69) is 21.3 Å². The number of ether oxygens (including phenoxy) is 1. The Morgan fingerprint density at radius 1 is 0.760 bits per heavy atom. The molecule has 0 aliphatic rings. The molecule has 4 N–H and O–H groups in total. The lowest BCUT2D eigenvalue weighted by Crippen LogP contribution is -2.57. The molecule has 12 heteroatoms. The lowest BCUT2D eigenvalue weighted by Gasteiger charge is -2.26. The van der Waals surface area contributed by atoms with Gasteiger partial charge in [-0.2, -0.15) is 0 Å². The minimum Gasteiger partial charge on any atom is -0.445 e. The maximum absolute atomic E-state index is 13.4. The number of likely N-dealkylation sites (N-methyl/N-ethyl adjacent to an activating group) is 1. The van der Waals surface area contributed by atoms with Gasteiger partial charge in [0.25, 0.3) is 5.91 Å². The Morgan fingerprint density at radius 3 is 2.06 bits per heavy atom. The predicted molar refractivity (Wildman–Crippen MR) is 191 cm³/mol. The molecule has 3 rings (SSSR count). The number of hydrogen-bond acceptors (Lipinski definition) is 7. The van der Waals surface area contributed by atoms with Crippen LogP contribution in [0.3, 0.4) is 0 Å². The summed E-state index contributed by atoms with van der Waals surface area (Å²) in [5.74, 6) is -4.07. The van der Waals surface area contributed by atoms with Gasteiger partial charge in [-0.15, -0.1) is 0 Å². The van der Waals surface area contributed by atoms with E-state index in [1.165, 1.54) is 4.90 Å². The van der Waals surface area contributed by atoms with Crippen LogP contribution in [0.15, 0.2) is 72.8 Å². The van der Waals surface area contributed by atoms with Crippen LogP contribution in [-0.2, 0) is 41.7 Å². The Morgan fingerprint density at radius 2 is 1.42 bits per heavy atom. The van der Waals surface area contributed by atoms with Crippen molar-refractivity contribution in [1.82, 2.24) is 26.2 Å². The van der Waals surface area contributed by atoms with Gasteiger partial charge in [-0.05, 0) is 40.2 Å². The van der Waals surface area contributed by atoms with Crippen molar-refractivity contribution < 1.29 is 33.5 Å². The van der Waals surface area contributed by atoms with Crippen molar-refractivity contribution >= 4 is 46.3 Å². The summed E-state index contributed by atoms with van der Waals surface area (Å²) in [5, 5.41) is 12.3. The summed E-state index contributed by atoms with van der Waals surface area (Å²) in [5.41, 5.74) is 1.62. The first kappa shape index (κ1) is 39.2. The molecule has 4 atom stereocenters. The monoisotopic (exact) mass is 687 g/mol. The van der Waals surface area contributed by atoms with E-state index < -0.39 is 60.2 Å². The molecule has 1 unspecified atom stereocenters. The zero-order chi connectivity index (χ0) is 36.8. The van der Waals surface area contributed by atoms with Crippen molar-refractivity contribution in [3.05, 3.63) is 83.9 Å². The molecule has 3 aromatic rings. The van der Waals surface area contributed by atoms with E-state index in [9.17, 15) is 28.8 Å². The fourth-order valence-corrected chi connectivity index (χ4v) is 5.31. The molecule has 12 nitrogen and oxygen atoms in total. The third-order valence-electron chi connectivity index (χ3n) is 8.28. The van der Waals surface area contributed by atoms with Crippen LogP contribution in [0.2, 0.25) is 0 Å². The fourth-order valence-electron chi connectivity index (χ4n) is 5.31. The molecule has 3 aromatic carbocycles. The molecule has 0 spiro atoms. The molecule has 0 aliphatic heterocycles. The molecule has 0 saturated carbocycles.